The van der Waals surface area contributed by atoms with Crippen LogP contribution in [0.2, 0.25) is 0 Å². The fourth-order valence-corrected chi connectivity index (χ4v) is 1.77. The SMILES string of the molecule is CC(C)(F)C(=O)N1CCCC(CO)C1. The van der Waals surface area contributed by atoms with Crippen molar-refractivity contribution in [2.45, 2.75) is 32.4 Å². The quantitative estimate of drug-likeness (QED) is 0.726. The summed E-state index contributed by atoms with van der Waals surface area (Å²) in [6.07, 6.45) is 1.78. The number of nitrogens with zero attached hydrogens (tertiary/aromatic N) is 1. The number of hydrogen-bond acceptors (Lipinski definition) is 2. The number of likely N-dealkylation sites (tertiary alicyclic amines) is 1. The van der Waals surface area contributed by atoms with Crippen molar-refractivity contribution in [1.29, 1.82) is 0 Å². The van der Waals surface area contributed by atoms with Gasteiger partial charge < -0.3 is 10.0 Å². The van der Waals surface area contributed by atoms with Crippen LogP contribution >= 0.6 is 0 Å². The number of hydrogen-bond donors (Lipinski definition) is 1. The van der Waals surface area contributed by atoms with Crippen LogP contribution in [0.25, 0.3) is 0 Å². The van der Waals surface area contributed by atoms with Gasteiger partial charge in [0.1, 0.15) is 0 Å². The molecule has 3 nitrogen and oxygen atoms in total. The number of aliphatic hydroxyl groups is 1. The van der Waals surface area contributed by atoms with E-state index in [2.05, 4.69) is 0 Å². The molecule has 4 heteroatoms. The lowest BCUT2D eigenvalue weighted by Gasteiger charge is -2.34. The molecule has 14 heavy (non-hydrogen) atoms. The zero-order chi connectivity index (χ0) is 10.8. The zero-order valence-electron chi connectivity index (χ0n) is 8.79. The highest BCUT2D eigenvalue weighted by atomic mass is 19.1. The number of carbonyl (C=O) groups excluding carboxylic acids is 1. The van der Waals surface area contributed by atoms with E-state index in [4.69, 9.17) is 5.11 Å². The summed E-state index contributed by atoms with van der Waals surface area (Å²) in [6, 6.07) is 0. The van der Waals surface area contributed by atoms with Crippen LogP contribution in [0.5, 0.6) is 0 Å². The molecule has 1 N–H and O–H groups in total. The maximum atomic E-state index is 13.3. The molecule has 1 atom stereocenters. The topological polar surface area (TPSA) is 40.5 Å². The molecule has 0 spiro atoms. The Balaban J connectivity index is 2.56. The van der Waals surface area contributed by atoms with Gasteiger partial charge in [0.15, 0.2) is 5.67 Å². The van der Waals surface area contributed by atoms with E-state index in [0.717, 1.165) is 12.8 Å². The molecule has 1 saturated heterocycles. The van der Waals surface area contributed by atoms with Crippen molar-refractivity contribution in [3.63, 3.8) is 0 Å². The molecule has 1 rings (SSSR count). The monoisotopic (exact) mass is 203 g/mol. The van der Waals surface area contributed by atoms with Crippen LogP contribution in [-0.2, 0) is 4.79 Å². The second-order valence-corrected chi connectivity index (χ2v) is 4.41. The summed E-state index contributed by atoms with van der Waals surface area (Å²) >= 11 is 0. The van der Waals surface area contributed by atoms with Crippen LogP contribution in [0, 0.1) is 5.92 Å². The highest BCUT2D eigenvalue weighted by molar-refractivity contribution is 5.84. The van der Waals surface area contributed by atoms with Crippen molar-refractivity contribution in [2.75, 3.05) is 19.7 Å². The van der Waals surface area contributed by atoms with Crippen molar-refractivity contribution in [2.24, 2.45) is 5.92 Å². The standard InChI is InChI=1S/C10H18FNO2/c1-10(2,11)9(14)12-5-3-4-8(6-12)7-13/h8,13H,3-7H2,1-2H3. The summed E-state index contributed by atoms with van der Waals surface area (Å²) < 4.78 is 13.3. The van der Waals surface area contributed by atoms with Crippen LogP contribution in [0.3, 0.4) is 0 Å². The van der Waals surface area contributed by atoms with E-state index < -0.39 is 11.6 Å². The van der Waals surface area contributed by atoms with Gasteiger partial charge in [0.05, 0.1) is 0 Å². The fourth-order valence-electron chi connectivity index (χ4n) is 1.77. The average Bonchev–Trinajstić information content (AvgIpc) is 2.15. The Bertz CT molecular complexity index is 213. The molecule has 82 valence electrons. The van der Waals surface area contributed by atoms with Crippen molar-refractivity contribution in [3.05, 3.63) is 0 Å². The Morgan fingerprint density at radius 2 is 2.29 bits per heavy atom. The minimum absolute atomic E-state index is 0.0799. The van der Waals surface area contributed by atoms with E-state index in [0.29, 0.717) is 13.1 Å². The predicted octanol–water partition coefficient (Wildman–Crippen LogP) is 0.965. The van der Waals surface area contributed by atoms with E-state index in [1.165, 1.54) is 18.7 Å². The molecule has 1 heterocycles. The summed E-state index contributed by atoms with van der Waals surface area (Å²) in [6.45, 7) is 3.73. The van der Waals surface area contributed by atoms with Crippen LogP contribution in [0.1, 0.15) is 26.7 Å². The summed E-state index contributed by atoms with van der Waals surface area (Å²) in [7, 11) is 0. The molecule has 0 aromatic heterocycles. The minimum Gasteiger partial charge on any atom is -0.396 e. The highest BCUT2D eigenvalue weighted by Crippen LogP contribution is 2.20. The van der Waals surface area contributed by atoms with Gasteiger partial charge in [-0.1, -0.05) is 0 Å². The van der Waals surface area contributed by atoms with Crippen molar-refractivity contribution >= 4 is 5.91 Å². The molecule has 0 aliphatic carbocycles. The Labute approximate surface area is 83.9 Å². The first kappa shape index (κ1) is 11.4. The number of alkyl halides is 1. The molecule has 1 amide bonds. The van der Waals surface area contributed by atoms with Crippen molar-refractivity contribution < 1.29 is 14.3 Å². The second-order valence-electron chi connectivity index (χ2n) is 4.41. The van der Waals surface area contributed by atoms with Gasteiger partial charge in [0.25, 0.3) is 5.91 Å². The Kier molecular flexibility index (Phi) is 3.48. The first-order valence-corrected chi connectivity index (χ1v) is 5.04. The molecule has 1 aliphatic rings. The number of rotatable bonds is 2. The molecule has 1 aliphatic heterocycles. The first-order valence-electron chi connectivity index (χ1n) is 5.04. The summed E-state index contributed by atoms with van der Waals surface area (Å²) in [5, 5.41) is 8.96. The number of carbonyl (C=O) groups is 1. The van der Waals surface area contributed by atoms with E-state index >= 15 is 0 Å². The van der Waals surface area contributed by atoms with E-state index in [1.807, 2.05) is 0 Å². The van der Waals surface area contributed by atoms with Crippen molar-refractivity contribution in [1.82, 2.24) is 4.90 Å². The molecule has 1 unspecified atom stereocenters. The van der Waals surface area contributed by atoms with Gasteiger partial charge >= 0.3 is 0 Å². The Hall–Kier alpha value is -0.640. The van der Waals surface area contributed by atoms with Crippen LogP contribution < -0.4 is 0 Å². The molecular weight excluding hydrogens is 185 g/mol. The smallest absolute Gasteiger partial charge is 0.259 e. The van der Waals surface area contributed by atoms with E-state index in [-0.39, 0.29) is 12.5 Å². The number of piperidine rings is 1. The molecule has 0 aromatic rings. The summed E-state index contributed by atoms with van der Waals surface area (Å²) in [5.41, 5.74) is -1.79. The highest BCUT2D eigenvalue weighted by Gasteiger charge is 2.34. The van der Waals surface area contributed by atoms with Gasteiger partial charge in [0, 0.05) is 19.7 Å². The van der Waals surface area contributed by atoms with Gasteiger partial charge in [-0.15, -0.1) is 0 Å². The van der Waals surface area contributed by atoms with Gasteiger partial charge in [-0.25, -0.2) is 4.39 Å². The lowest BCUT2D eigenvalue weighted by molar-refractivity contribution is -0.144. The second kappa shape index (κ2) is 4.26. The number of amides is 1. The maximum Gasteiger partial charge on any atom is 0.259 e. The van der Waals surface area contributed by atoms with E-state index in [9.17, 15) is 9.18 Å². The molecule has 0 aromatic carbocycles. The minimum atomic E-state index is -1.79. The zero-order valence-corrected chi connectivity index (χ0v) is 8.79. The van der Waals surface area contributed by atoms with Gasteiger partial charge in [-0.3, -0.25) is 4.79 Å². The third kappa shape index (κ3) is 2.67. The van der Waals surface area contributed by atoms with Crippen molar-refractivity contribution in [3.8, 4) is 0 Å². The van der Waals surface area contributed by atoms with Gasteiger partial charge in [-0.05, 0) is 32.6 Å². The normalized spacial score (nSPS) is 23.7. The Morgan fingerprint density at radius 1 is 1.64 bits per heavy atom. The van der Waals surface area contributed by atoms with Crippen LogP contribution in [0.4, 0.5) is 4.39 Å². The average molecular weight is 203 g/mol. The fraction of sp³-hybridized carbons (Fsp3) is 0.900. The molecule has 0 bridgehead atoms. The largest absolute Gasteiger partial charge is 0.396 e. The lowest BCUT2D eigenvalue weighted by atomic mass is 9.97. The molecule has 1 fully saturated rings. The molecule has 0 radical (unpaired) electrons. The predicted molar refractivity (Wildman–Crippen MR) is 51.6 cm³/mol. The molecule has 0 saturated carbocycles. The Morgan fingerprint density at radius 3 is 2.79 bits per heavy atom. The maximum absolute atomic E-state index is 13.3. The lowest BCUT2D eigenvalue weighted by Crippen LogP contribution is -2.47. The van der Waals surface area contributed by atoms with Crippen LogP contribution in [-0.4, -0.2) is 41.3 Å². The third-order valence-corrected chi connectivity index (χ3v) is 2.57. The van der Waals surface area contributed by atoms with Gasteiger partial charge in [-0.2, -0.15) is 0 Å². The summed E-state index contributed by atoms with van der Waals surface area (Å²) in [5.74, 6) is -0.342. The van der Waals surface area contributed by atoms with Crippen LogP contribution in [0.15, 0.2) is 0 Å². The number of halogens is 1. The first-order chi connectivity index (χ1) is 6.45. The number of aliphatic hydroxyl groups excluding tert-OH is 1. The van der Waals surface area contributed by atoms with Gasteiger partial charge in [0.2, 0.25) is 0 Å². The third-order valence-electron chi connectivity index (χ3n) is 2.57. The van der Waals surface area contributed by atoms with E-state index in [1.54, 1.807) is 0 Å². The molecular formula is C10H18FNO2. The summed E-state index contributed by atoms with van der Waals surface area (Å²) in [4.78, 5) is 13.1.